The van der Waals surface area contributed by atoms with E-state index in [2.05, 4.69) is 10.3 Å². The SMILES string of the molecule is CCc1cccc(CC)c1NC(=O)COC(=O)Cc1cn2ccsc2n1. The normalized spacial score (nSPS) is 10.8. The molecule has 0 saturated heterocycles. The molecule has 0 radical (unpaired) electrons. The highest BCUT2D eigenvalue weighted by Crippen LogP contribution is 2.22. The molecule has 0 aliphatic rings. The minimum absolute atomic E-state index is 0.0490. The maximum atomic E-state index is 12.2. The summed E-state index contributed by atoms with van der Waals surface area (Å²) in [5, 5.41) is 4.81. The van der Waals surface area contributed by atoms with Gasteiger partial charge < -0.3 is 10.1 Å². The second-order valence-corrected chi connectivity index (χ2v) is 6.74. The van der Waals surface area contributed by atoms with Gasteiger partial charge in [0.2, 0.25) is 0 Å². The van der Waals surface area contributed by atoms with Crippen molar-refractivity contribution in [2.24, 2.45) is 0 Å². The first-order chi connectivity index (χ1) is 12.6. The van der Waals surface area contributed by atoms with Crippen molar-refractivity contribution in [2.45, 2.75) is 33.1 Å². The van der Waals surface area contributed by atoms with E-state index >= 15 is 0 Å². The molecule has 3 aromatic rings. The van der Waals surface area contributed by atoms with Crippen molar-refractivity contribution >= 4 is 33.9 Å². The topological polar surface area (TPSA) is 72.7 Å². The van der Waals surface area contributed by atoms with Crippen molar-refractivity contribution in [1.29, 1.82) is 0 Å². The largest absolute Gasteiger partial charge is 0.455 e. The molecule has 1 amide bonds. The molecule has 136 valence electrons. The molecular weight excluding hydrogens is 350 g/mol. The molecule has 0 fully saturated rings. The van der Waals surface area contributed by atoms with Crippen LogP contribution in [0.25, 0.3) is 4.96 Å². The number of carbonyl (C=O) groups excluding carboxylic acids is 2. The summed E-state index contributed by atoms with van der Waals surface area (Å²) in [6, 6.07) is 5.97. The van der Waals surface area contributed by atoms with Crippen molar-refractivity contribution in [1.82, 2.24) is 9.38 Å². The third kappa shape index (κ3) is 4.11. The summed E-state index contributed by atoms with van der Waals surface area (Å²) >= 11 is 1.50. The van der Waals surface area contributed by atoms with E-state index in [-0.39, 0.29) is 18.9 Å². The Morgan fingerprint density at radius 3 is 2.62 bits per heavy atom. The molecule has 0 aliphatic carbocycles. The number of aromatic nitrogens is 2. The van der Waals surface area contributed by atoms with Crippen LogP contribution < -0.4 is 5.32 Å². The lowest BCUT2D eigenvalue weighted by atomic mass is 10.0. The van der Waals surface area contributed by atoms with E-state index < -0.39 is 5.97 Å². The highest BCUT2D eigenvalue weighted by Gasteiger charge is 2.14. The van der Waals surface area contributed by atoms with Gasteiger partial charge in [-0.3, -0.25) is 14.0 Å². The van der Waals surface area contributed by atoms with Crippen LogP contribution in [0.4, 0.5) is 5.69 Å². The van der Waals surface area contributed by atoms with E-state index in [0.29, 0.717) is 5.69 Å². The van der Waals surface area contributed by atoms with Gasteiger partial charge in [0.05, 0.1) is 12.1 Å². The van der Waals surface area contributed by atoms with Crippen molar-refractivity contribution in [3.05, 3.63) is 52.8 Å². The molecule has 6 nitrogen and oxygen atoms in total. The molecule has 0 bridgehead atoms. The molecule has 0 atom stereocenters. The van der Waals surface area contributed by atoms with E-state index in [1.165, 1.54) is 11.3 Å². The number of ether oxygens (including phenoxy) is 1. The van der Waals surface area contributed by atoms with Gasteiger partial charge in [-0.2, -0.15) is 0 Å². The van der Waals surface area contributed by atoms with Gasteiger partial charge in [-0.05, 0) is 24.0 Å². The first-order valence-electron chi connectivity index (χ1n) is 8.58. The minimum Gasteiger partial charge on any atom is -0.455 e. The summed E-state index contributed by atoms with van der Waals surface area (Å²) in [7, 11) is 0. The zero-order valence-electron chi connectivity index (χ0n) is 14.8. The number of hydrogen-bond acceptors (Lipinski definition) is 5. The van der Waals surface area contributed by atoms with Crippen LogP contribution in [0.15, 0.2) is 36.0 Å². The number of aryl methyl sites for hydroxylation is 2. The molecular formula is C19H21N3O3S. The quantitative estimate of drug-likeness (QED) is 0.647. The minimum atomic E-state index is -0.467. The van der Waals surface area contributed by atoms with Crippen molar-refractivity contribution < 1.29 is 14.3 Å². The first kappa shape index (κ1) is 18.1. The molecule has 0 saturated carbocycles. The average Bonchev–Trinajstić information content (AvgIpc) is 3.21. The van der Waals surface area contributed by atoms with Crippen molar-refractivity contribution in [3.8, 4) is 0 Å². The fourth-order valence-electron chi connectivity index (χ4n) is 2.78. The third-order valence-electron chi connectivity index (χ3n) is 4.10. The van der Waals surface area contributed by atoms with Gasteiger partial charge in [-0.15, -0.1) is 11.3 Å². The molecule has 2 aromatic heterocycles. The lowest BCUT2D eigenvalue weighted by Crippen LogP contribution is -2.23. The van der Waals surface area contributed by atoms with Crippen LogP contribution in [0.2, 0.25) is 0 Å². The summed E-state index contributed by atoms with van der Waals surface area (Å²) in [5.41, 5.74) is 3.60. The van der Waals surface area contributed by atoms with Crippen LogP contribution >= 0.6 is 11.3 Å². The van der Waals surface area contributed by atoms with Gasteiger partial charge >= 0.3 is 5.97 Å². The Bertz CT molecular complexity index is 878. The zero-order valence-corrected chi connectivity index (χ0v) is 15.6. The Kier molecular flexibility index (Phi) is 5.68. The van der Waals surface area contributed by atoms with Gasteiger partial charge in [0.15, 0.2) is 11.6 Å². The van der Waals surface area contributed by atoms with Crippen LogP contribution in [0.3, 0.4) is 0 Å². The van der Waals surface area contributed by atoms with Gasteiger partial charge in [0.25, 0.3) is 5.91 Å². The van der Waals surface area contributed by atoms with Crippen molar-refractivity contribution in [2.75, 3.05) is 11.9 Å². The molecule has 0 unspecified atom stereocenters. The van der Waals surface area contributed by atoms with Crippen molar-refractivity contribution in [3.63, 3.8) is 0 Å². The predicted molar refractivity (Wildman–Crippen MR) is 102 cm³/mol. The number of anilines is 1. The highest BCUT2D eigenvalue weighted by atomic mass is 32.1. The number of rotatable bonds is 7. The first-order valence-corrected chi connectivity index (χ1v) is 9.46. The Morgan fingerprint density at radius 1 is 1.23 bits per heavy atom. The zero-order chi connectivity index (χ0) is 18.5. The number of benzene rings is 1. The number of nitrogens with zero attached hydrogens (tertiary/aromatic N) is 2. The number of esters is 1. The maximum absolute atomic E-state index is 12.2. The molecule has 2 heterocycles. The number of fused-ring (bicyclic) bond motifs is 1. The molecule has 1 aromatic carbocycles. The van der Waals surface area contributed by atoms with Crippen LogP contribution in [0.1, 0.15) is 30.7 Å². The fourth-order valence-corrected chi connectivity index (χ4v) is 3.50. The molecule has 0 spiro atoms. The summed E-state index contributed by atoms with van der Waals surface area (Å²) in [6.07, 6.45) is 5.36. The molecule has 1 N–H and O–H groups in total. The van der Waals surface area contributed by atoms with Gasteiger partial charge in [0, 0.05) is 23.5 Å². The third-order valence-corrected chi connectivity index (χ3v) is 4.87. The smallest absolute Gasteiger partial charge is 0.312 e. The molecule has 3 rings (SSSR count). The number of amides is 1. The summed E-state index contributed by atoms with van der Waals surface area (Å²) < 4.78 is 6.96. The monoisotopic (exact) mass is 371 g/mol. The Morgan fingerprint density at radius 2 is 1.96 bits per heavy atom. The van der Waals surface area contributed by atoms with E-state index in [9.17, 15) is 9.59 Å². The lowest BCUT2D eigenvalue weighted by Gasteiger charge is -2.14. The fraction of sp³-hybridized carbons (Fsp3) is 0.316. The molecule has 7 heteroatoms. The van der Waals surface area contributed by atoms with E-state index in [1.54, 1.807) is 6.20 Å². The Balaban J connectivity index is 1.55. The molecule has 0 aliphatic heterocycles. The summed E-state index contributed by atoms with van der Waals surface area (Å²) in [6.45, 7) is 3.78. The number of carbonyl (C=O) groups is 2. The second-order valence-electron chi connectivity index (χ2n) is 5.87. The van der Waals surface area contributed by atoms with Gasteiger partial charge in [-0.25, -0.2) is 4.98 Å². The number of imidazole rings is 1. The summed E-state index contributed by atoms with van der Waals surface area (Å²) in [4.78, 5) is 29.3. The number of nitrogens with one attached hydrogen (secondary N) is 1. The standard InChI is InChI=1S/C19H21N3O3S/c1-3-13-6-5-7-14(4-2)18(13)21-16(23)12-25-17(24)10-15-11-22-8-9-26-19(22)20-15/h5-9,11H,3-4,10,12H2,1-2H3,(H,21,23). The predicted octanol–water partition coefficient (Wildman–Crippen LogP) is 3.25. The lowest BCUT2D eigenvalue weighted by molar-refractivity contribution is -0.146. The van der Waals surface area contributed by atoms with E-state index in [4.69, 9.17) is 4.74 Å². The number of para-hydroxylation sites is 1. The maximum Gasteiger partial charge on any atom is 0.312 e. The van der Waals surface area contributed by atoms with Gasteiger partial charge in [0.1, 0.15) is 0 Å². The number of thiazole rings is 1. The second kappa shape index (κ2) is 8.14. The summed E-state index contributed by atoms with van der Waals surface area (Å²) in [5.74, 6) is -0.801. The Hall–Kier alpha value is -2.67. The van der Waals surface area contributed by atoms with Gasteiger partial charge in [-0.1, -0.05) is 32.0 Å². The molecule has 26 heavy (non-hydrogen) atoms. The van der Waals surface area contributed by atoms with Crippen LogP contribution in [-0.2, 0) is 33.6 Å². The van der Waals surface area contributed by atoms with Crippen LogP contribution in [0, 0.1) is 0 Å². The van der Waals surface area contributed by atoms with E-state index in [0.717, 1.165) is 34.6 Å². The van der Waals surface area contributed by atoms with E-state index in [1.807, 2.05) is 48.0 Å². The van der Waals surface area contributed by atoms with Crippen LogP contribution in [-0.4, -0.2) is 27.9 Å². The highest BCUT2D eigenvalue weighted by molar-refractivity contribution is 7.15. The Labute approximate surface area is 155 Å². The number of hydrogen-bond donors (Lipinski definition) is 1. The average molecular weight is 371 g/mol. The van der Waals surface area contributed by atoms with Crippen LogP contribution in [0.5, 0.6) is 0 Å².